The summed E-state index contributed by atoms with van der Waals surface area (Å²) >= 11 is 0. The highest BCUT2D eigenvalue weighted by atomic mass is 15.0. The third kappa shape index (κ3) is 3.27. The van der Waals surface area contributed by atoms with Crippen molar-refractivity contribution in [2.45, 2.75) is 39.8 Å². The molecule has 1 heterocycles. The summed E-state index contributed by atoms with van der Waals surface area (Å²) in [6.45, 7) is 11.4. The lowest BCUT2D eigenvalue weighted by atomic mass is 10.1. The Bertz CT molecular complexity index is 551. The first-order chi connectivity index (χ1) is 9.26. The maximum atomic E-state index is 4.12. The van der Waals surface area contributed by atoms with E-state index in [9.17, 15) is 0 Å². The summed E-state index contributed by atoms with van der Waals surface area (Å²) in [6.07, 6.45) is 4.38. The number of fused-ring (bicyclic) bond motifs is 1. The van der Waals surface area contributed by atoms with Crippen LogP contribution in [-0.2, 0) is 13.1 Å². The van der Waals surface area contributed by atoms with Crippen molar-refractivity contribution in [3.05, 3.63) is 48.2 Å². The highest BCUT2D eigenvalue weighted by Crippen LogP contribution is 2.21. The molecule has 0 bridgehead atoms. The Kier molecular flexibility index (Phi) is 4.80. The summed E-state index contributed by atoms with van der Waals surface area (Å²) in [7, 11) is 0. The van der Waals surface area contributed by atoms with E-state index < -0.39 is 0 Å². The van der Waals surface area contributed by atoms with Gasteiger partial charge in [-0.15, -0.1) is 0 Å². The predicted molar refractivity (Wildman–Crippen MR) is 83.4 cm³/mol. The minimum Gasteiger partial charge on any atom is -0.343 e. The number of para-hydroxylation sites is 1. The topological polar surface area (TPSA) is 17.0 Å². The molecule has 2 rings (SSSR count). The van der Waals surface area contributed by atoms with Crippen molar-refractivity contribution in [3.8, 4) is 0 Å². The van der Waals surface area contributed by atoms with Gasteiger partial charge in [0.05, 0.1) is 5.52 Å². The van der Waals surface area contributed by atoms with Crippen molar-refractivity contribution >= 4 is 10.9 Å². The van der Waals surface area contributed by atoms with Crippen LogP contribution in [0.2, 0.25) is 0 Å². The van der Waals surface area contributed by atoms with Crippen LogP contribution in [0.1, 0.15) is 32.3 Å². The zero-order valence-electron chi connectivity index (χ0n) is 12.1. The van der Waals surface area contributed by atoms with E-state index in [4.69, 9.17) is 0 Å². The van der Waals surface area contributed by atoms with Crippen molar-refractivity contribution in [1.82, 2.24) is 9.88 Å². The van der Waals surface area contributed by atoms with Crippen molar-refractivity contribution < 1.29 is 0 Å². The van der Waals surface area contributed by atoms with Gasteiger partial charge in [0.1, 0.15) is 0 Å². The molecule has 0 spiro atoms. The Morgan fingerprint density at radius 1 is 1.26 bits per heavy atom. The standard InChI is InChI=1S/C17H24N2/c1-4-10-18-12-16-8-6-7-15-9-11-19(17(15)16)13-14(3)5-2/h6-9,11,18H,3-5,10,12-13H2,1-2H3. The molecular formula is C17H24N2. The van der Waals surface area contributed by atoms with Gasteiger partial charge in [0.15, 0.2) is 0 Å². The average Bonchev–Trinajstić information content (AvgIpc) is 2.83. The summed E-state index contributed by atoms with van der Waals surface area (Å²) in [6, 6.07) is 8.74. The van der Waals surface area contributed by atoms with E-state index >= 15 is 0 Å². The number of allylic oxidation sites excluding steroid dienone is 1. The average molecular weight is 256 g/mol. The van der Waals surface area contributed by atoms with Crippen LogP contribution >= 0.6 is 0 Å². The Hall–Kier alpha value is -1.54. The number of nitrogens with one attached hydrogen (secondary N) is 1. The van der Waals surface area contributed by atoms with Crippen LogP contribution < -0.4 is 5.32 Å². The molecule has 1 aromatic carbocycles. The van der Waals surface area contributed by atoms with Gasteiger partial charge in [-0.05, 0) is 36.4 Å². The zero-order chi connectivity index (χ0) is 13.7. The number of benzene rings is 1. The molecule has 19 heavy (non-hydrogen) atoms. The largest absolute Gasteiger partial charge is 0.343 e. The lowest BCUT2D eigenvalue weighted by molar-refractivity contribution is 0.674. The molecule has 0 saturated heterocycles. The molecule has 1 aromatic heterocycles. The number of aromatic nitrogens is 1. The number of hydrogen-bond acceptors (Lipinski definition) is 1. The summed E-state index contributed by atoms with van der Waals surface area (Å²) < 4.78 is 2.32. The maximum Gasteiger partial charge on any atom is 0.0528 e. The van der Waals surface area contributed by atoms with Crippen LogP contribution in [0.5, 0.6) is 0 Å². The van der Waals surface area contributed by atoms with Gasteiger partial charge < -0.3 is 9.88 Å². The normalized spacial score (nSPS) is 11.1. The van der Waals surface area contributed by atoms with E-state index in [1.807, 2.05) is 0 Å². The molecule has 0 fully saturated rings. The predicted octanol–water partition coefficient (Wildman–Crippen LogP) is 4.11. The molecule has 102 valence electrons. The summed E-state index contributed by atoms with van der Waals surface area (Å²) in [5.74, 6) is 0. The molecule has 2 nitrogen and oxygen atoms in total. The molecule has 0 aliphatic heterocycles. The second kappa shape index (κ2) is 6.58. The molecule has 2 heteroatoms. The quantitative estimate of drug-likeness (QED) is 0.583. The number of nitrogens with zero attached hydrogens (tertiary/aromatic N) is 1. The van der Waals surface area contributed by atoms with Crippen LogP contribution in [0.3, 0.4) is 0 Å². The summed E-state index contributed by atoms with van der Waals surface area (Å²) in [5, 5.41) is 4.81. The van der Waals surface area contributed by atoms with Crippen molar-refractivity contribution in [2.75, 3.05) is 6.54 Å². The fraction of sp³-hybridized carbons (Fsp3) is 0.412. The van der Waals surface area contributed by atoms with Crippen LogP contribution in [0.15, 0.2) is 42.6 Å². The Morgan fingerprint density at radius 3 is 2.84 bits per heavy atom. The third-order valence-electron chi connectivity index (χ3n) is 3.51. The van der Waals surface area contributed by atoms with Crippen molar-refractivity contribution in [1.29, 1.82) is 0 Å². The maximum absolute atomic E-state index is 4.12. The summed E-state index contributed by atoms with van der Waals surface area (Å²) in [5.41, 5.74) is 3.99. The van der Waals surface area contributed by atoms with Crippen LogP contribution in [-0.4, -0.2) is 11.1 Å². The van der Waals surface area contributed by atoms with Gasteiger partial charge in [0, 0.05) is 19.3 Å². The first-order valence-electron chi connectivity index (χ1n) is 7.20. The second-order valence-electron chi connectivity index (χ2n) is 5.08. The van der Waals surface area contributed by atoms with Gasteiger partial charge in [-0.2, -0.15) is 0 Å². The molecule has 2 aromatic rings. The molecular weight excluding hydrogens is 232 g/mol. The molecule has 0 radical (unpaired) electrons. The van der Waals surface area contributed by atoms with Gasteiger partial charge in [-0.3, -0.25) is 0 Å². The van der Waals surface area contributed by atoms with E-state index in [0.717, 1.165) is 26.1 Å². The highest BCUT2D eigenvalue weighted by molar-refractivity contribution is 5.83. The van der Waals surface area contributed by atoms with Crippen molar-refractivity contribution in [2.24, 2.45) is 0 Å². The molecule has 1 N–H and O–H groups in total. The second-order valence-corrected chi connectivity index (χ2v) is 5.08. The van der Waals surface area contributed by atoms with Gasteiger partial charge in [-0.1, -0.05) is 44.2 Å². The summed E-state index contributed by atoms with van der Waals surface area (Å²) in [4.78, 5) is 0. The zero-order valence-corrected chi connectivity index (χ0v) is 12.1. The lowest BCUT2D eigenvalue weighted by Crippen LogP contribution is -2.14. The minimum atomic E-state index is 0.921. The first-order valence-corrected chi connectivity index (χ1v) is 7.20. The Balaban J connectivity index is 2.29. The molecule has 0 aliphatic carbocycles. The molecule has 0 unspecified atom stereocenters. The molecule has 0 aliphatic rings. The molecule has 0 amide bonds. The Morgan fingerprint density at radius 2 is 2.11 bits per heavy atom. The van der Waals surface area contributed by atoms with Crippen molar-refractivity contribution in [3.63, 3.8) is 0 Å². The van der Waals surface area contributed by atoms with Gasteiger partial charge in [0.2, 0.25) is 0 Å². The van der Waals surface area contributed by atoms with Gasteiger partial charge in [-0.25, -0.2) is 0 Å². The third-order valence-corrected chi connectivity index (χ3v) is 3.51. The molecule has 0 atom stereocenters. The monoisotopic (exact) mass is 256 g/mol. The van der Waals surface area contributed by atoms with E-state index in [1.165, 1.54) is 28.5 Å². The lowest BCUT2D eigenvalue weighted by Gasteiger charge is -2.11. The van der Waals surface area contributed by atoms with Gasteiger partial charge >= 0.3 is 0 Å². The van der Waals surface area contributed by atoms with Crippen LogP contribution in [0.4, 0.5) is 0 Å². The molecule has 0 saturated carbocycles. The number of hydrogen-bond donors (Lipinski definition) is 1. The fourth-order valence-electron chi connectivity index (χ4n) is 2.37. The van der Waals surface area contributed by atoms with E-state index in [2.05, 4.69) is 60.8 Å². The smallest absolute Gasteiger partial charge is 0.0528 e. The van der Waals surface area contributed by atoms with Gasteiger partial charge in [0.25, 0.3) is 0 Å². The first kappa shape index (κ1) is 13.9. The van der Waals surface area contributed by atoms with Crippen LogP contribution in [0, 0.1) is 0 Å². The minimum absolute atomic E-state index is 0.921. The van der Waals surface area contributed by atoms with E-state index in [1.54, 1.807) is 0 Å². The van der Waals surface area contributed by atoms with E-state index in [-0.39, 0.29) is 0 Å². The fourth-order valence-corrected chi connectivity index (χ4v) is 2.37. The highest BCUT2D eigenvalue weighted by Gasteiger charge is 2.06. The number of rotatable bonds is 7. The van der Waals surface area contributed by atoms with Crippen LogP contribution in [0.25, 0.3) is 10.9 Å². The SMILES string of the molecule is C=C(CC)Cn1ccc2cccc(CNCCC)c21. The Labute approximate surface area is 116 Å². The van der Waals surface area contributed by atoms with E-state index in [0.29, 0.717) is 0 Å².